The van der Waals surface area contributed by atoms with Crippen LogP contribution in [0.2, 0.25) is 0 Å². The molecule has 2 N–H and O–H groups in total. The number of morpholine rings is 2. The van der Waals surface area contributed by atoms with E-state index in [2.05, 4.69) is 58.7 Å². The van der Waals surface area contributed by atoms with Crippen molar-refractivity contribution >= 4 is 17.3 Å². The molecule has 0 bridgehead atoms. The van der Waals surface area contributed by atoms with Crippen molar-refractivity contribution in [3.05, 3.63) is 22.4 Å². The van der Waals surface area contributed by atoms with Crippen molar-refractivity contribution in [1.82, 2.24) is 20.4 Å². The summed E-state index contributed by atoms with van der Waals surface area (Å²) in [4.78, 5) is 11.3. The van der Waals surface area contributed by atoms with E-state index in [-0.39, 0.29) is 0 Å². The molecule has 0 saturated carbocycles. The maximum atomic E-state index is 5.57. The fourth-order valence-electron chi connectivity index (χ4n) is 4.04. The lowest BCUT2D eigenvalue weighted by molar-refractivity contribution is -0.0166. The SMILES string of the molecule is CCNC(=NCC(C)N1CCOCC1C)NCC(c1cccs1)N1CCOCC1. The Morgan fingerprint density at radius 1 is 1.24 bits per heavy atom. The van der Waals surface area contributed by atoms with Gasteiger partial charge in [-0.25, -0.2) is 0 Å². The van der Waals surface area contributed by atoms with Crippen molar-refractivity contribution in [2.75, 3.05) is 65.7 Å². The number of guanidine groups is 1. The molecule has 1 aromatic heterocycles. The Kier molecular flexibility index (Phi) is 9.20. The van der Waals surface area contributed by atoms with E-state index in [0.717, 1.165) is 71.7 Å². The van der Waals surface area contributed by atoms with Crippen LogP contribution in [0, 0.1) is 0 Å². The summed E-state index contributed by atoms with van der Waals surface area (Å²) in [5.74, 6) is 0.898. The summed E-state index contributed by atoms with van der Waals surface area (Å²) in [7, 11) is 0. The molecule has 3 heterocycles. The van der Waals surface area contributed by atoms with E-state index in [1.165, 1.54) is 4.88 Å². The van der Waals surface area contributed by atoms with Crippen LogP contribution in [0.25, 0.3) is 0 Å². The molecule has 3 rings (SSSR count). The predicted molar refractivity (Wildman–Crippen MR) is 120 cm³/mol. The maximum Gasteiger partial charge on any atom is 0.191 e. The van der Waals surface area contributed by atoms with Gasteiger partial charge in [0.15, 0.2) is 5.96 Å². The van der Waals surface area contributed by atoms with Gasteiger partial charge in [-0.2, -0.15) is 0 Å². The van der Waals surface area contributed by atoms with E-state index in [0.29, 0.717) is 18.1 Å². The van der Waals surface area contributed by atoms with E-state index >= 15 is 0 Å². The van der Waals surface area contributed by atoms with Crippen molar-refractivity contribution < 1.29 is 9.47 Å². The van der Waals surface area contributed by atoms with Gasteiger partial charge in [-0.1, -0.05) is 6.07 Å². The van der Waals surface area contributed by atoms with Crippen LogP contribution in [0.15, 0.2) is 22.5 Å². The Bertz CT molecular complexity index is 606. The Labute approximate surface area is 179 Å². The lowest BCUT2D eigenvalue weighted by atomic mass is 10.2. The minimum absolute atomic E-state index is 0.347. The molecule has 29 heavy (non-hydrogen) atoms. The highest BCUT2D eigenvalue weighted by Gasteiger charge is 2.25. The van der Waals surface area contributed by atoms with Gasteiger partial charge in [0.1, 0.15) is 0 Å². The molecule has 8 heteroatoms. The summed E-state index contributed by atoms with van der Waals surface area (Å²) in [6, 6.07) is 5.57. The topological polar surface area (TPSA) is 61.4 Å². The number of rotatable bonds is 8. The standard InChI is InChI=1S/C21H37N5O2S/c1-4-22-21(23-14-17(2)26-9-12-28-16-18(26)3)24-15-19(20-6-5-13-29-20)25-7-10-27-11-8-25/h5-6,13,17-19H,4,7-12,14-16H2,1-3H3,(H2,22,23,24). The molecule has 2 saturated heterocycles. The molecule has 0 aromatic carbocycles. The molecule has 2 aliphatic rings. The summed E-state index contributed by atoms with van der Waals surface area (Å²) < 4.78 is 11.1. The number of ether oxygens (including phenoxy) is 2. The van der Waals surface area contributed by atoms with Crippen LogP contribution >= 0.6 is 11.3 Å². The number of nitrogens with zero attached hydrogens (tertiary/aromatic N) is 3. The van der Waals surface area contributed by atoms with Crippen LogP contribution in [-0.2, 0) is 9.47 Å². The molecule has 0 amide bonds. The number of hydrogen-bond acceptors (Lipinski definition) is 6. The molecule has 2 aliphatic heterocycles. The van der Waals surface area contributed by atoms with Crippen LogP contribution in [0.5, 0.6) is 0 Å². The van der Waals surface area contributed by atoms with Gasteiger partial charge in [-0.15, -0.1) is 11.3 Å². The average molecular weight is 424 g/mol. The molecule has 0 aliphatic carbocycles. The first-order valence-corrected chi connectivity index (χ1v) is 11.8. The highest BCUT2D eigenvalue weighted by atomic mass is 32.1. The molecule has 1 aromatic rings. The number of nitrogens with one attached hydrogen (secondary N) is 2. The molecule has 0 spiro atoms. The van der Waals surface area contributed by atoms with Crippen LogP contribution in [-0.4, -0.2) is 93.5 Å². The molecule has 3 unspecified atom stereocenters. The number of thiophene rings is 1. The van der Waals surface area contributed by atoms with Gasteiger partial charge in [0.2, 0.25) is 0 Å². The second-order valence-electron chi connectivity index (χ2n) is 7.79. The lowest BCUT2D eigenvalue weighted by Crippen LogP contribution is -2.50. The second-order valence-corrected chi connectivity index (χ2v) is 8.77. The summed E-state index contributed by atoms with van der Waals surface area (Å²) in [5, 5.41) is 9.17. The van der Waals surface area contributed by atoms with E-state index in [9.17, 15) is 0 Å². The Balaban J connectivity index is 1.59. The first-order chi connectivity index (χ1) is 14.2. The van der Waals surface area contributed by atoms with Crippen molar-refractivity contribution in [3.8, 4) is 0 Å². The van der Waals surface area contributed by atoms with Crippen molar-refractivity contribution in [2.24, 2.45) is 4.99 Å². The summed E-state index contributed by atoms with van der Waals surface area (Å²) in [6.45, 7) is 15.3. The first-order valence-electron chi connectivity index (χ1n) is 10.9. The second kappa shape index (κ2) is 11.9. The highest BCUT2D eigenvalue weighted by Crippen LogP contribution is 2.25. The van der Waals surface area contributed by atoms with Crippen molar-refractivity contribution in [3.63, 3.8) is 0 Å². The molecule has 2 fully saturated rings. The zero-order valence-electron chi connectivity index (χ0n) is 18.1. The van der Waals surface area contributed by atoms with Gasteiger partial charge in [0.25, 0.3) is 0 Å². The molecular formula is C21H37N5O2S. The number of aliphatic imine (C=N–C) groups is 1. The van der Waals surface area contributed by atoms with Gasteiger partial charge < -0.3 is 20.1 Å². The fraction of sp³-hybridized carbons (Fsp3) is 0.762. The van der Waals surface area contributed by atoms with Crippen molar-refractivity contribution in [2.45, 2.75) is 38.9 Å². The molecule has 0 radical (unpaired) electrons. The average Bonchev–Trinajstić information content (AvgIpc) is 3.27. The van der Waals surface area contributed by atoms with Crippen LogP contribution < -0.4 is 10.6 Å². The Morgan fingerprint density at radius 2 is 2.03 bits per heavy atom. The highest BCUT2D eigenvalue weighted by molar-refractivity contribution is 7.10. The summed E-state index contributed by atoms with van der Waals surface area (Å²) in [6.07, 6.45) is 0. The van der Waals surface area contributed by atoms with E-state index in [1.807, 2.05) is 11.3 Å². The lowest BCUT2D eigenvalue weighted by Gasteiger charge is -2.37. The first kappa shape index (κ1) is 22.5. The molecular weight excluding hydrogens is 386 g/mol. The maximum absolute atomic E-state index is 5.57. The normalized spacial score (nSPS) is 24.2. The number of hydrogen-bond donors (Lipinski definition) is 2. The largest absolute Gasteiger partial charge is 0.379 e. The van der Waals surface area contributed by atoms with Gasteiger partial charge in [0, 0.05) is 49.7 Å². The van der Waals surface area contributed by atoms with Gasteiger partial charge in [-0.3, -0.25) is 14.8 Å². The smallest absolute Gasteiger partial charge is 0.191 e. The Hall–Kier alpha value is -1.19. The summed E-state index contributed by atoms with van der Waals surface area (Å²) in [5.41, 5.74) is 0. The Morgan fingerprint density at radius 3 is 2.72 bits per heavy atom. The van der Waals surface area contributed by atoms with Gasteiger partial charge in [0.05, 0.1) is 39.0 Å². The third-order valence-corrected chi connectivity index (χ3v) is 6.64. The summed E-state index contributed by atoms with van der Waals surface area (Å²) >= 11 is 1.83. The van der Waals surface area contributed by atoms with E-state index in [1.54, 1.807) is 0 Å². The minimum Gasteiger partial charge on any atom is -0.379 e. The van der Waals surface area contributed by atoms with Gasteiger partial charge >= 0.3 is 0 Å². The van der Waals surface area contributed by atoms with E-state index < -0.39 is 0 Å². The third kappa shape index (κ3) is 6.65. The zero-order valence-corrected chi connectivity index (χ0v) is 18.9. The third-order valence-electron chi connectivity index (χ3n) is 5.66. The van der Waals surface area contributed by atoms with Gasteiger partial charge in [-0.05, 0) is 32.2 Å². The van der Waals surface area contributed by atoms with E-state index in [4.69, 9.17) is 14.5 Å². The van der Waals surface area contributed by atoms with Crippen LogP contribution in [0.4, 0.5) is 0 Å². The fourth-order valence-corrected chi connectivity index (χ4v) is 4.90. The van der Waals surface area contributed by atoms with Crippen LogP contribution in [0.3, 0.4) is 0 Å². The predicted octanol–water partition coefficient (Wildman–Crippen LogP) is 1.79. The van der Waals surface area contributed by atoms with Crippen molar-refractivity contribution in [1.29, 1.82) is 0 Å². The molecule has 7 nitrogen and oxygen atoms in total. The van der Waals surface area contributed by atoms with Crippen LogP contribution in [0.1, 0.15) is 31.7 Å². The molecule has 164 valence electrons. The molecule has 3 atom stereocenters. The quantitative estimate of drug-likeness (QED) is 0.491. The minimum atomic E-state index is 0.347. The monoisotopic (exact) mass is 423 g/mol. The zero-order chi connectivity index (χ0) is 20.5.